The molecule has 3 aromatic heterocycles. The lowest BCUT2D eigenvalue weighted by atomic mass is 10.3. The van der Waals surface area contributed by atoms with Crippen molar-refractivity contribution < 1.29 is 0 Å². The van der Waals surface area contributed by atoms with Gasteiger partial charge in [-0.15, -0.1) is 0 Å². The first-order valence-electron chi connectivity index (χ1n) is 6.85. The van der Waals surface area contributed by atoms with Crippen molar-refractivity contribution in [3.05, 3.63) is 35.0 Å². The van der Waals surface area contributed by atoms with Crippen LogP contribution in [0.4, 0.5) is 5.82 Å². The van der Waals surface area contributed by atoms with Gasteiger partial charge in [-0.2, -0.15) is 11.3 Å². The number of nitrogens with zero attached hydrogens (tertiary/aromatic N) is 5. The zero-order valence-electron chi connectivity index (χ0n) is 11.9. The van der Waals surface area contributed by atoms with Crippen LogP contribution in [0, 0.1) is 0 Å². The molecule has 0 aromatic carbocycles. The highest BCUT2D eigenvalue weighted by Crippen LogP contribution is 2.14. The van der Waals surface area contributed by atoms with Gasteiger partial charge in [0, 0.05) is 13.1 Å². The molecular formula is C14H18N6S. The van der Waals surface area contributed by atoms with Gasteiger partial charge >= 0.3 is 0 Å². The molecule has 0 fully saturated rings. The van der Waals surface area contributed by atoms with Gasteiger partial charge in [0.2, 0.25) is 0 Å². The Kier molecular flexibility index (Phi) is 4.12. The van der Waals surface area contributed by atoms with E-state index in [2.05, 4.69) is 43.7 Å². The standard InChI is InChI=1S/C14H18N6S/c1-19(7-11-3-6-21-8-11)4-2-5-20-10-18-12-13(15)16-9-17-14(12)20/h3,6,8-10H,2,4-5,7H2,1H3,(H2,15,16,17). The van der Waals surface area contributed by atoms with Crippen LogP contribution in [0.3, 0.4) is 0 Å². The van der Waals surface area contributed by atoms with Crippen molar-refractivity contribution in [1.82, 2.24) is 24.4 Å². The second-order valence-corrected chi connectivity index (χ2v) is 5.87. The van der Waals surface area contributed by atoms with E-state index >= 15 is 0 Å². The third-order valence-electron chi connectivity index (χ3n) is 3.40. The number of aromatic nitrogens is 4. The van der Waals surface area contributed by atoms with Gasteiger partial charge in [0.05, 0.1) is 6.33 Å². The van der Waals surface area contributed by atoms with Gasteiger partial charge in [-0.05, 0) is 42.4 Å². The molecule has 0 saturated heterocycles. The zero-order chi connectivity index (χ0) is 14.7. The average Bonchev–Trinajstić information content (AvgIpc) is 3.10. The van der Waals surface area contributed by atoms with E-state index in [-0.39, 0.29) is 0 Å². The predicted octanol–water partition coefficient (Wildman–Crippen LogP) is 1.99. The highest BCUT2D eigenvalue weighted by Gasteiger charge is 2.07. The fourth-order valence-corrected chi connectivity index (χ4v) is 3.01. The minimum atomic E-state index is 0.438. The van der Waals surface area contributed by atoms with Crippen molar-refractivity contribution in [2.45, 2.75) is 19.5 Å². The first kappa shape index (κ1) is 14.0. The van der Waals surface area contributed by atoms with Crippen molar-refractivity contribution in [3.63, 3.8) is 0 Å². The summed E-state index contributed by atoms with van der Waals surface area (Å²) in [6.45, 7) is 2.89. The quantitative estimate of drug-likeness (QED) is 0.754. The van der Waals surface area contributed by atoms with Crippen molar-refractivity contribution in [1.29, 1.82) is 0 Å². The first-order chi connectivity index (χ1) is 10.2. The number of aryl methyl sites for hydroxylation is 1. The van der Waals surface area contributed by atoms with Crippen LogP contribution in [-0.4, -0.2) is 38.0 Å². The van der Waals surface area contributed by atoms with Crippen LogP contribution in [0.15, 0.2) is 29.5 Å². The highest BCUT2D eigenvalue weighted by molar-refractivity contribution is 7.07. The second kappa shape index (κ2) is 6.19. The summed E-state index contributed by atoms with van der Waals surface area (Å²) in [6.07, 6.45) is 4.31. The summed E-state index contributed by atoms with van der Waals surface area (Å²) < 4.78 is 2.03. The van der Waals surface area contributed by atoms with E-state index in [0.29, 0.717) is 11.3 Å². The molecule has 3 rings (SSSR count). The van der Waals surface area contributed by atoms with Gasteiger partial charge in [0.15, 0.2) is 11.5 Å². The Hall–Kier alpha value is -1.99. The highest BCUT2D eigenvalue weighted by atomic mass is 32.1. The number of hydrogen-bond acceptors (Lipinski definition) is 6. The lowest BCUT2D eigenvalue weighted by Crippen LogP contribution is -2.20. The summed E-state index contributed by atoms with van der Waals surface area (Å²) in [7, 11) is 2.14. The molecule has 6 nitrogen and oxygen atoms in total. The third-order valence-corrected chi connectivity index (χ3v) is 4.13. The van der Waals surface area contributed by atoms with E-state index in [0.717, 1.165) is 31.7 Å². The number of nitrogens with two attached hydrogens (primary N) is 1. The predicted molar refractivity (Wildman–Crippen MR) is 85.0 cm³/mol. The van der Waals surface area contributed by atoms with Gasteiger partial charge < -0.3 is 15.2 Å². The number of fused-ring (bicyclic) bond motifs is 1. The first-order valence-corrected chi connectivity index (χ1v) is 7.79. The van der Waals surface area contributed by atoms with E-state index < -0.39 is 0 Å². The third kappa shape index (κ3) is 3.20. The van der Waals surface area contributed by atoms with Gasteiger partial charge in [-0.25, -0.2) is 15.0 Å². The number of thiophene rings is 1. The summed E-state index contributed by atoms with van der Waals surface area (Å²) in [5.74, 6) is 0.438. The van der Waals surface area contributed by atoms with Crippen LogP contribution in [0.1, 0.15) is 12.0 Å². The fourth-order valence-electron chi connectivity index (χ4n) is 2.35. The summed E-state index contributed by atoms with van der Waals surface area (Å²) in [5.41, 5.74) is 8.65. The Balaban J connectivity index is 1.56. The van der Waals surface area contributed by atoms with Crippen molar-refractivity contribution in [2.24, 2.45) is 0 Å². The molecule has 0 amide bonds. The van der Waals surface area contributed by atoms with Crippen LogP contribution in [0.25, 0.3) is 11.2 Å². The molecule has 7 heteroatoms. The Labute approximate surface area is 127 Å². The molecule has 21 heavy (non-hydrogen) atoms. The van der Waals surface area contributed by atoms with Crippen molar-refractivity contribution >= 4 is 28.3 Å². The molecule has 0 radical (unpaired) electrons. The van der Waals surface area contributed by atoms with Crippen molar-refractivity contribution in [2.75, 3.05) is 19.3 Å². The van der Waals surface area contributed by atoms with E-state index in [1.165, 1.54) is 11.9 Å². The maximum atomic E-state index is 5.79. The molecule has 0 aliphatic rings. The molecule has 3 heterocycles. The van der Waals surface area contributed by atoms with Gasteiger partial charge in [0.1, 0.15) is 11.8 Å². The molecular weight excluding hydrogens is 284 g/mol. The minimum Gasteiger partial charge on any atom is -0.382 e. The minimum absolute atomic E-state index is 0.438. The van der Waals surface area contributed by atoms with E-state index in [1.54, 1.807) is 17.7 Å². The molecule has 0 spiro atoms. The Morgan fingerprint density at radius 3 is 3.05 bits per heavy atom. The monoisotopic (exact) mass is 302 g/mol. The van der Waals surface area contributed by atoms with Crippen molar-refractivity contribution in [3.8, 4) is 0 Å². The summed E-state index contributed by atoms with van der Waals surface area (Å²) >= 11 is 1.74. The molecule has 0 unspecified atom stereocenters. The summed E-state index contributed by atoms with van der Waals surface area (Å²) in [4.78, 5) is 14.8. The summed E-state index contributed by atoms with van der Waals surface area (Å²) in [5, 5.41) is 4.31. The molecule has 0 saturated carbocycles. The topological polar surface area (TPSA) is 72.9 Å². The second-order valence-electron chi connectivity index (χ2n) is 5.09. The van der Waals surface area contributed by atoms with E-state index in [9.17, 15) is 0 Å². The van der Waals surface area contributed by atoms with E-state index in [4.69, 9.17) is 5.73 Å². The Morgan fingerprint density at radius 2 is 2.24 bits per heavy atom. The maximum Gasteiger partial charge on any atom is 0.165 e. The zero-order valence-corrected chi connectivity index (χ0v) is 12.8. The fraction of sp³-hybridized carbons (Fsp3) is 0.357. The summed E-state index contributed by atoms with van der Waals surface area (Å²) in [6, 6.07) is 2.17. The van der Waals surface area contributed by atoms with E-state index in [1.807, 2.05) is 4.57 Å². The maximum absolute atomic E-state index is 5.79. The smallest absolute Gasteiger partial charge is 0.165 e. The van der Waals surface area contributed by atoms with Crippen LogP contribution in [-0.2, 0) is 13.1 Å². The normalized spacial score (nSPS) is 11.5. The number of anilines is 1. The van der Waals surface area contributed by atoms with Crippen LogP contribution < -0.4 is 5.73 Å². The lowest BCUT2D eigenvalue weighted by Gasteiger charge is -2.15. The van der Waals surface area contributed by atoms with Crippen LogP contribution in [0.2, 0.25) is 0 Å². The number of rotatable bonds is 6. The molecule has 0 aliphatic carbocycles. The van der Waals surface area contributed by atoms with Crippen LogP contribution in [0.5, 0.6) is 0 Å². The largest absolute Gasteiger partial charge is 0.382 e. The van der Waals surface area contributed by atoms with Gasteiger partial charge in [0.25, 0.3) is 0 Å². The molecule has 0 atom stereocenters. The molecule has 0 aliphatic heterocycles. The SMILES string of the molecule is CN(CCCn1cnc2c(N)ncnc21)Cc1ccsc1. The molecule has 3 aromatic rings. The number of hydrogen-bond donors (Lipinski definition) is 1. The molecule has 0 bridgehead atoms. The molecule has 2 N–H and O–H groups in total. The van der Waals surface area contributed by atoms with Gasteiger partial charge in [-0.3, -0.25) is 0 Å². The van der Waals surface area contributed by atoms with Gasteiger partial charge in [-0.1, -0.05) is 0 Å². The molecule has 110 valence electrons. The Morgan fingerprint density at radius 1 is 1.33 bits per heavy atom. The lowest BCUT2D eigenvalue weighted by molar-refractivity contribution is 0.315. The number of imidazole rings is 1. The average molecular weight is 302 g/mol. The number of nitrogen functional groups attached to an aromatic ring is 1. The van der Waals surface area contributed by atoms with Crippen LogP contribution >= 0.6 is 11.3 Å². The Bertz CT molecular complexity index is 705.